The summed E-state index contributed by atoms with van der Waals surface area (Å²) in [4.78, 5) is 30.6. The van der Waals surface area contributed by atoms with Gasteiger partial charge >= 0.3 is 0 Å². The van der Waals surface area contributed by atoms with Crippen LogP contribution in [0.1, 0.15) is 34.8 Å². The number of carbonyl (C=O) groups excluding carboxylic acids is 2. The van der Waals surface area contributed by atoms with Crippen molar-refractivity contribution in [3.8, 4) is 16.9 Å². The van der Waals surface area contributed by atoms with Crippen LogP contribution in [0.2, 0.25) is 0 Å². The largest absolute Gasteiger partial charge is 0.341 e. The summed E-state index contributed by atoms with van der Waals surface area (Å²) < 4.78 is 16.3. The highest BCUT2D eigenvalue weighted by Gasteiger charge is 2.38. The van der Waals surface area contributed by atoms with Crippen molar-refractivity contribution in [1.29, 1.82) is 0 Å². The van der Waals surface area contributed by atoms with Crippen molar-refractivity contribution in [1.82, 2.24) is 14.7 Å². The van der Waals surface area contributed by atoms with Gasteiger partial charge in [-0.15, -0.1) is 11.8 Å². The molecule has 3 heterocycles. The Labute approximate surface area is 231 Å². The SMILES string of the molecule is Cc1ccc(-n2nc(-c3ccccc3)c3c2N(CC(=O)N2CCCC2)C(=O)CS[C@@H]3c2cccc(F)c2)cc1. The Morgan fingerprint density at radius 3 is 2.46 bits per heavy atom. The zero-order valence-corrected chi connectivity index (χ0v) is 22.5. The van der Waals surface area contributed by atoms with Crippen LogP contribution in [0.25, 0.3) is 16.9 Å². The van der Waals surface area contributed by atoms with Crippen molar-refractivity contribution in [3.05, 3.63) is 101 Å². The number of aromatic nitrogens is 2. The van der Waals surface area contributed by atoms with Crippen LogP contribution >= 0.6 is 11.8 Å². The molecule has 1 atom stereocenters. The number of nitrogens with zero attached hydrogens (tertiary/aromatic N) is 4. The van der Waals surface area contributed by atoms with E-state index in [9.17, 15) is 14.0 Å². The van der Waals surface area contributed by atoms with Crippen LogP contribution < -0.4 is 4.90 Å². The number of anilines is 1. The van der Waals surface area contributed by atoms with E-state index in [0.717, 1.165) is 40.8 Å². The number of halogens is 1. The fourth-order valence-corrected chi connectivity index (χ4v) is 6.52. The lowest BCUT2D eigenvalue weighted by Crippen LogP contribution is -2.43. The predicted molar refractivity (Wildman–Crippen MR) is 153 cm³/mol. The van der Waals surface area contributed by atoms with E-state index >= 15 is 0 Å². The molecular formula is C31H29FN4O2S. The van der Waals surface area contributed by atoms with E-state index in [-0.39, 0.29) is 35.2 Å². The molecule has 0 bridgehead atoms. The lowest BCUT2D eigenvalue weighted by Gasteiger charge is -2.25. The molecule has 8 heteroatoms. The van der Waals surface area contributed by atoms with E-state index in [0.29, 0.717) is 24.6 Å². The molecule has 4 aromatic rings. The number of benzene rings is 3. The summed E-state index contributed by atoms with van der Waals surface area (Å²) in [5.74, 6) is 0.151. The third-order valence-electron chi connectivity index (χ3n) is 7.32. The zero-order valence-electron chi connectivity index (χ0n) is 21.7. The smallest absolute Gasteiger partial charge is 0.242 e. The molecule has 1 saturated heterocycles. The summed E-state index contributed by atoms with van der Waals surface area (Å²) in [6.45, 7) is 3.37. The van der Waals surface area contributed by atoms with Gasteiger partial charge in [0.05, 0.1) is 22.4 Å². The molecule has 0 radical (unpaired) electrons. The molecule has 0 unspecified atom stereocenters. The number of hydrogen-bond acceptors (Lipinski definition) is 4. The fourth-order valence-electron chi connectivity index (χ4n) is 5.33. The highest BCUT2D eigenvalue weighted by atomic mass is 32.2. The fraction of sp³-hybridized carbons (Fsp3) is 0.258. The normalized spacial score (nSPS) is 17.3. The first-order valence-corrected chi connectivity index (χ1v) is 14.2. The molecule has 3 aromatic carbocycles. The summed E-state index contributed by atoms with van der Waals surface area (Å²) in [5.41, 5.74) is 5.05. The van der Waals surface area contributed by atoms with Crippen molar-refractivity contribution in [2.24, 2.45) is 0 Å². The van der Waals surface area contributed by atoms with Crippen LogP contribution in [0.4, 0.5) is 10.2 Å². The van der Waals surface area contributed by atoms with Gasteiger partial charge in [-0.2, -0.15) is 5.10 Å². The molecule has 198 valence electrons. The van der Waals surface area contributed by atoms with Crippen LogP contribution in [-0.2, 0) is 9.59 Å². The molecule has 0 N–H and O–H groups in total. The Kier molecular flexibility index (Phi) is 6.95. The van der Waals surface area contributed by atoms with Gasteiger partial charge in [-0.3, -0.25) is 14.5 Å². The van der Waals surface area contributed by atoms with E-state index in [1.807, 2.05) is 72.5 Å². The lowest BCUT2D eigenvalue weighted by atomic mass is 9.99. The third kappa shape index (κ3) is 4.96. The first kappa shape index (κ1) is 25.4. The van der Waals surface area contributed by atoms with Gasteiger partial charge < -0.3 is 4.90 Å². The number of fused-ring (bicyclic) bond motifs is 1. The average Bonchev–Trinajstić information content (AvgIpc) is 3.59. The first-order valence-electron chi connectivity index (χ1n) is 13.2. The number of hydrogen-bond donors (Lipinski definition) is 0. The van der Waals surface area contributed by atoms with Crippen LogP contribution in [0, 0.1) is 12.7 Å². The molecule has 2 amide bonds. The molecule has 0 spiro atoms. The maximum Gasteiger partial charge on any atom is 0.242 e. The maximum atomic E-state index is 14.5. The van der Waals surface area contributed by atoms with E-state index in [1.54, 1.807) is 15.6 Å². The first-order chi connectivity index (χ1) is 19.0. The molecular weight excluding hydrogens is 511 g/mol. The molecule has 39 heavy (non-hydrogen) atoms. The minimum atomic E-state index is -0.360. The van der Waals surface area contributed by atoms with E-state index in [1.165, 1.54) is 23.9 Å². The van der Waals surface area contributed by atoms with Crippen LogP contribution in [0.5, 0.6) is 0 Å². The average molecular weight is 541 g/mol. The topological polar surface area (TPSA) is 58.4 Å². The summed E-state index contributed by atoms with van der Waals surface area (Å²) in [7, 11) is 0. The maximum absolute atomic E-state index is 14.5. The second kappa shape index (κ2) is 10.7. The Hall–Kier alpha value is -3.91. The van der Waals surface area contributed by atoms with Gasteiger partial charge in [-0.1, -0.05) is 60.2 Å². The number of rotatable bonds is 5. The van der Waals surface area contributed by atoms with Crippen LogP contribution in [0.3, 0.4) is 0 Å². The number of aryl methyl sites for hydroxylation is 1. The van der Waals surface area contributed by atoms with Gasteiger partial charge in [-0.25, -0.2) is 9.07 Å². The van der Waals surface area contributed by atoms with Gasteiger partial charge in [0.15, 0.2) is 0 Å². The standard InChI is InChI=1S/C31H29FN4O2S/c1-21-12-14-25(15-13-21)36-31-28(29(33-36)22-8-3-2-4-9-22)30(23-10-7-11-24(32)18-23)39-20-27(38)35(31)19-26(37)34-16-5-6-17-34/h2-4,7-15,18,30H,5-6,16-17,19-20H2,1H3/t30-/m1/s1. The van der Waals surface area contributed by atoms with E-state index < -0.39 is 0 Å². The monoisotopic (exact) mass is 540 g/mol. The van der Waals surface area contributed by atoms with Crippen LogP contribution in [0.15, 0.2) is 78.9 Å². The highest BCUT2D eigenvalue weighted by Crippen LogP contribution is 2.48. The van der Waals surface area contributed by atoms with E-state index in [2.05, 4.69) is 0 Å². The molecule has 0 aliphatic carbocycles. The molecule has 0 saturated carbocycles. The van der Waals surface area contributed by atoms with Gasteiger partial charge in [0, 0.05) is 24.2 Å². The number of carbonyl (C=O) groups is 2. The molecule has 1 aromatic heterocycles. The summed E-state index contributed by atoms with van der Waals surface area (Å²) in [6.07, 6.45) is 1.95. The molecule has 2 aliphatic heterocycles. The Morgan fingerprint density at radius 1 is 1.00 bits per heavy atom. The Bertz CT molecular complexity index is 1510. The number of likely N-dealkylation sites (tertiary alicyclic amines) is 1. The summed E-state index contributed by atoms with van der Waals surface area (Å²) in [6, 6.07) is 24.3. The minimum Gasteiger partial charge on any atom is -0.341 e. The van der Waals surface area contributed by atoms with Gasteiger partial charge in [-0.05, 0) is 49.6 Å². The van der Waals surface area contributed by atoms with Crippen LogP contribution in [-0.4, -0.2) is 51.9 Å². The second-order valence-corrected chi connectivity index (χ2v) is 11.1. The molecule has 6 nitrogen and oxygen atoms in total. The van der Waals surface area contributed by atoms with Crippen molar-refractivity contribution in [3.63, 3.8) is 0 Å². The van der Waals surface area contributed by atoms with Gasteiger partial charge in [0.1, 0.15) is 18.2 Å². The zero-order chi connectivity index (χ0) is 26.9. The lowest BCUT2D eigenvalue weighted by molar-refractivity contribution is -0.130. The molecule has 6 rings (SSSR count). The number of amides is 2. The Balaban J connectivity index is 1.60. The summed E-state index contributed by atoms with van der Waals surface area (Å²) >= 11 is 1.44. The predicted octanol–water partition coefficient (Wildman–Crippen LogP) is 5.78. The molecule has 1 fully saturated rings. The van der Waals surface area contributed by atoms with Crippen molar-refractivity contribution in [2.75, 3.05) is 30.3 Å². The third-order valence-corrected chi connectivity index (χ3v) is 8.57. The van der Waals surface area contributed by atoms with Crippen molar-refractivity contribution in [2.45, 2.75) is 25.0 Å². The minimum absolute atomic E-state index is 0.0615. The highest BCUT2D eigenvalue weighted by molar-refractivity contribution is 8.00. The number of thioether (sulfide) groups is 1. The quantitative estimate of drug-likeness (QED) is 0.322. The van der Waals surface area contributed by atoms with Crippen molar-refractivity contribution >= 4 is 29.4 Å². The van der Waals surface area contributed by atoms with Crippen molar-refractivity contribution < 1.29 is 14.0 Å². The van der Waals surface area contributed by atoms with Gasteiger partial charge in [0.25, 0.3) is 0 Å². The summed E-state index contributed by atoms with van der Waals surface area (Å²) in [5, 5.41) is 4.72. The van der Waals surface area contributed by atoms with E-state index in [4.69, 9.17) is 5.10 Å². The second-order valence-electron chi connectivity index (χ2n) is 10.0. The Morgan fingerprint density at radius 2 is 1.74 bits per heavy atom. The molecule has 2 aliphatic rings. The van der Waals surface area contributed by atoms with Gasteiger partial charge in [0.2, 0.25) is 11.8 Å².